The first-order valence-corrected chi connectivity index (χ1v) is 6.90. The van der Waals surface area contributed by atoms with Gasteiger partial charge in [-0.15, -0.1) is 0 Å². The van der Waals surface area contributed by atoms with Crippen molar-refractivity contribution >= 4 is 29.0 Å². The smallest absolute Gasteiger partial charge is 0.221 e. The van der Waals surface area contributed by atoms with Gasteiger partial charge in [0.15, 0.2) is 0 Å². The fourth-order valence-corrected chi connectivity index (χ4v) is 2.61. The molecular weight excluding hydrogens is 272 g/mol. The van der Waals surface area contributed by atoms with E-state index in [2.05, 4.69) is 5.32 Å². The number of hydrogen-bond acceptors (Lipinski definition) is 4. The van der Waals surface area contributed by atoms with Gasteiger partial charge in [0.2, 0.25) is 5.91 Å². The number of ether oxygens (including phenoxy) is 1. The largest absolute Gasteiger partial charge is 0.495 e. The van der Waals surface area contributed by atoms with E-state index in [4.69, 9.17) is 10.5 Å². The fraction of sp³-hybridized carbons (Fsp3) is 0.133. The van der Waals surface area contributed by atoms with E-state index in [0.717, 1.165) is 15.5 Å². The summed E-state index contributed by atoms with van der Waals surface area (Å²) in [6.45, 7) is 1.49. The molecule has 0 radical (unpaired) electrons. The molecule has 1 amide bonds. The topological polar surface area (TPSA) is 64.3 Å². The van der Waals surface area contributed by atoms with Crippen LogP contribution in [0.5, 0.6) is 5.75 Å². The Labute approximate surface area is 122 Å². The number of nitrogens with one attached hydrogen (secondary N) is 1. The summed E-state index contributed by atoms with van der Waals surface area (Å²) in [5.41, 5.74) is 7.44. The Morgan fingerprint density at radius 3 is 2.50 bits per heavy atom. The zero-order chi connectivity index (χ0) is 14.5. The lowest BCUT2D eigenvalue weighted by molar-refractivity contribution is -0.114. The molecule has 0 aliphatic rings. The van der Waals surface area contributed by atoms with Crippen LogP contribution in [0.4, 0.5) is 11.4 Å². The Morgan fingerprint density at radius 1 is 1.20 bits per heavy atom. The number of carbonyl (C=O) groups excluding carboxylic acids is 1. The summed E-state index contributed by atoms with van der Waals surface area (Å²) >= 11 is 1.55. The van der Waals surface area contributed by atoms with Crippen LogP contribution in [0.25, 0.3) is 0 Å². The van der Waals surface area contributed by atoms with Crippen LogP contribution >= 0.6 is 11.8 Å². The van der Waals surface area contributed by atoms with Crippen molar-refractivity contribution in [1.82, 2.24) is 0 Å². The lowest BCUT2D eigenvalue weighted by Gasteiger charge is -2.10. The van der Waals surface area contributed by atoms with E-state index in [0.29, 0.717) is 11.4 Å². The molecule has 0 aliphatic heterocycles. The van der Waals surface area contributed by atoms with Crippen molar-refractivity contribution in [2.75, 3.05) is 18.2 Å². The van der Waals surface area contributed by atoms with Gasteiger partial charge in [0.1, 0.15) is 5.75 Å². The third-order valence-corrected chi connectivity index (χ3v) is 3.73. The second-order valence-electron chi connectivity index (χ2n) is 4.18. The van der Waals surface area contributed by atoms with Crippen LogP contribution in [0, 0.1) is 0 Å². The maximum Gasteiger partial charge on any atom is 0.221 e. The SMILES string of the molecule is COc1cccc(Sc2ccc(NC(C)=O)cc2)c1N. The van der Waals surface area contributed by atoms with Crippen LogP contribution in [-0.4, -0.2) is 13.0 Å². The molecule has 0 aliphatic carbocycles. The van der Waals surface area contributed by atoms with E-state index >= 15 is 0 Å². The highest BCUT2D eigenvalue weighted by molar-refractivity contribution is 7.99. The number of hydrogen-bond donors (Lipinski definition) is 2. The molecule has 0 unspecified atom stereocenters. The average molecular weight is 288 g/mol. The zero-order valence-electron chi connectivity index (χ0n) is 11.3. The normalized spacial score (nSPS) is 10.1. The van der Waals surface area contributed by atoms with Crippen molar-refractivity contribution in [3.63, 3.8) is 0 Å². The van der Waals surface area contributed by atoms with Crippen molar-refractivity contribution in [3.8, 4) is 5.75 Å². The Bertz CT molecular complexity index is 612. The molecule has 3 N–H and O–H groups in total. The van der Waals surface area contributed by atoms with Gasteiger partial charge in [-0.3, -0.25) is 4.79 Å². The highest BCUT2D eigenvalue weighted by Crippen LogP contribution is 2.37. The molecule has 0 bridgehead atoms. The number of benzene rings is 2. The molecule has 2 aromatic rings. The summed E-state index contributed by atoms with van der Waals surface area (Å²) in [6, 6.07) is 13.3. The van der Waals surface area contributed by atoms with Gasteiger partial charge in [0.05, 0.1) is 12.8 Å². The lowest BCUT2D eigenvalue weighted by Crippen LogP contribution is -2.05. The van der Waals surface area contributed by atoms with E-state index < -0.39 is 0 Å². The van der Waals surface area contributed by atoms with Gasteiger partial charge in [0, 0.05) is 22.4 Å². The van der Waals surface area contributed by atoms with E-state index in [1.54, 1.807) is 18.9 Å². The van der Waals surface area contributed by atoms with Crippen molar-refractivity contribution < 1.29 is 9.53 Å². The monoisotopic (exact) mass is 288 g/mol. The summed E-state index contributed by atoms with van der Waals surface area (Å²) in [4.78, 5) is 12.9. The number of rotatable bonds is 4. The minimum Gasteiger partial charge on any atom is -0.495 e. The number of amides is 1. The number of nitrogens with two attached hydrogens (primary N) is 1. The van der Waals surface area contributed by atoms with Gasteiger partial charge in [0.25, 0.3) is 0 Å². The highest BCUT2D eigenvalue weighted by Gasteiger charge is 2.07. The van der Waals surface area contributed by atoms with Crippen molar-refractivity contribution in [1.29, 1.82) is 0 Å². The first-order chi connectivity index (χ1) is 9.60. The second-order valence-corrected chi connectivity index (χ2v) is 5.30. The molecule has 0 heterocycles. The number of carbonyl (C=O) groups is 1. The third-order valence-electron chi connectivity index (χ3n) is 2.65. The first kappa shape index (κ1) is 14.3. The molecule has 0 saturated carbocycles. The van der Waals surface area contributed by atoms with E-state index in [9.17, 15) is 4.79 Å². The van der Waals surface area contributed by atoms with Gasteiger partial charge in [-0.05, 0) is 36.4 Å². The molecule has 104 valence electrons. The van der Waals surface area contributed by atoms with Crippen LogP contribution in [0.15, 0.2) is 52.3 Å². The Kier molecular flexibility index (Phi) is 4.53. The lowest BCUT2D eigenvalue weighted by atomic mass is 10.3. The number of methoxy groups -OCH3 is 1. The number of para-hydroxylation sites is 1. The predicted octanol–water partition coefficient (Wildman–Crippen LogP) is 3.39. The molecule has 0 atom stereocenters. The van der Waals surface area contributed by atoms with Gasteiger partial charge >= 0.3 is 0 Å². The van der Waals surface area contributed by atoms with Gasteiger partial charge in [-0.2, -0.15) is 0 Å². The first-order valence-electron chi connectivity index (χ1n) is 6.08. The number of anilines is 2. The minimum atomic E-state index is -0.0811. The van der Waals surface area contributed by atoms with Crippen molar-refractivity contribution in [2.45, 2.75) is 16.7 Å². The van der Waals surface area contributed by atoms with Gasteiger partial charge < -0.3 is 15.8 Å². The van der Waals surface area contributed by atoms with Crippen LogP contribution < -0.4 is 15.8 Å². The molecule has 4 nitrogen and oxygen atoms in total. The van der Waals surface area contributed by atoms with Gasteiger partial charge in [-0.25, -0.2) is 0 Å². The summed E-state index contributed by atoms with van der Waals surface area (Å²) in [5.74, 6) is 0.590. The van der Waals surface area contributed by atoms with Crippen LogP contribution in [-0.2, 0) is 4.79 Å². The maximum atomic E-state index is 11.0. The Balaban J connectivity index is 2.16. The zero-order valence-corrected chi connectivity index (χ0v) is 12.2. The molecule has 2 rings (SSSR count). The van der Waals surface area contributed by atoms with Gasteiger partial charge in [-0.1, -0.05) is 17.8 Å². The Morgan fingerprint density at radius 2 is 1.90 bits per heavy atom. The molecule has 0 fully saturated rings. The predicted molar refractivity (Wildman–Crippen MR) is 82.3 cm³/mol. The molecule has 0 aromatic heterocycles. The van der Waals surface area contributed by atoms with E-state index in [1.807, 2.05) is 42.5 Å². The highest BCUT2D eigenvalue weighted by atomic mass is 32.2. The van der Waals surface area contributed by atoms with Crippen LogP contribution in [0.1, 0.15) is 6.92 Å². The van der Waals surface area contributed by atoms with Crippen LogP contribution in [0.3, 0.4) is 0 Å². The standard InChI is InChI=1S/C15H16N2O2S/c1-10(18)17-11-6-8-12(9-7-11)20-14-5-3-4-13(19-2)15(14)16/h3-9H,16H2,1-2H3,(H,17,18). The number of nitrogen functional groups attached to an aromatic ring is 1. The summed E-state index contributed by atoms with van der Waals surface area (Å²) in [5, 5.41) is 2.73. The fourth-order valence-electron chi connectivity index (χ4n) is 1.73. The molecular formula is C15H16N2O2S. The van der Waals surface area contributed by atoms with Crippen molar-refractivity contribution in [2.24, 2.45) is 0 Å². The summed E-state index contributed by atoms with van der Waals surface area (Å²) in [7, 11) is 1.60. The maximum absolute atomic E-state index is 11.0. The van der Waals surface area contributed by atoms with Crippen molar-refractivity contribution in [3.05, 3.63) is 42.5 Å². The summed E-state index contributed by atoms with van der Waals surface area (Å²) < 4.78 is 5.20. The minimum absolute atomic E-state index is 0.0811. The molecule has 2 aromatic carbocycles. The summed E-state index contributed by atoms with van der Waals surface area (Å²) in [6.07, 6.45) is 0. The average Bonchev–Trinajstić information content (AvgIpc) is 2.43. The van der Waals surface area contributed by atoms with Crippen LogP contribution in [0.2, 0.25) is 0 Å². The third kappa shape index (κ3) is 3.45. The van der Waals surface area contributed by atoms with E-state index in [-0.39, 0.29) is 5.91 Å². The molecule has 20 heavy (non-hydrogen) atoms. The molecule has 0 saturated heterocycles. The van der Waals surface area contributed by atoms with E-state index in [1.165, 1.54) is 6.92 Å². The molecule has 0 spiro atoms. The Hall–Kier alpha value is -2.14. The molecule has 5 heteroatoms. The quantitative estimate of drug-likeness (QED) is 0.846. The second kappa shape index (κ2) is 6.34.